The van der Waals surface area contributed by atoms with Crippen LogP contribution in [0.5, 0.6) is 0 Å². The van der Waals surface area contributed by atoms with E-state index < -0.39 is 0 Å². The number of allylic oxidation sites excluding steroid dienone is 3. The minimum atomic E-state index is 0.555. The topological polar surface area (TPSA) is 52.0 Å². The Hall–Kier alpha value is -1.96. The predicted molar refractivity (Wildman–Crippen MR) is 63.5 cm³/mol. The average Bonchev–Trinajstić information content (AvgIpc) is 2.17. The third-order valence-corrected chi connectivity index (χ3v) is 1.25. The molecular weight excluding hydrogens is 172 g/mol. The summed E-state index contributed by atoms with van der Waals surface area (Å²) in [5, 5.41) is 0. The highest BCUT2D eigenvalue weighted by Gasteiger charge is 1.72. The molecule has 1 aromatic rings. The fourth-order valence-corrected chi connectivity index (χ4v) is 0.645. The first-order valence-corrected chi connectivity index (χ1v) is 4.21. The molecule has 0 unspecified atom stereocenters. The van der Waals surface area contributed by atoms with Crippen LogP contribution in [0, 0.1) is 0 Å². The summed E-state index contributed by atoms with van der Waals surface area (Å²) in [6.45, 7) is 6.88. The Balaban J connectivity index is 0.000000241. The molecule has 0 heterocycles. The van der Waals surface area contributed by atoms with Gasteiger partial charge in [0, 0.05) is 11.4 Å². The number of nitrogens with two attached hydrogens (primary N) is 2. The van der Waals surface area contributed by atoms with Gasteiger partial charge in [0.05, 0.1) is 0 Å². The van der Waals surface area contributed by atoms with E-state index in [1.165, 1.54) is 0 Å². The Kier molecular flexibility index (Phi) is 6.60. The van der Waals surface area contributed by atoms with Crippen molar-refractivity contribution in [3.63, 3.8) is 0 Å². The van der Waals surface area contributed by atoms with E-state index in [2.05, 4.69) is 13.2 Å². The summed E-state index contributed by atoms with van der Waals surface area (Å²) in [5.74, 6) is 0. The van der Waals surface area contributed by atoms with Crippen molar-refractivity contribution in [3.05, 3.63) is 67.4 Å². The fourth-order valence-electron chi connectivity index (χ4n) is 0.645. The van der Waals surface area contributed by atoms with Gasteiger partial charge in [0.25, 0.3) is 0 Å². The Bertz CT molecular complexity index is 299. The van der Waals surface area contributed by atoms with E-state index in [4.69, 9.17) is 11.5 Å². The summed E-state index contributed by atoms with van der Waals surface area (Å²) in [6, 6.07) is 9.49. The second kappa shape index (κ2) is 7.68. The molecule has 0 radical (unpaired) electrons. The maximum absolute atomic E-state index is 5.36. The zero-order valence-electron chi connectivity index (χ0n) is 8.19. The quantitative estimate of drug-likeness (QED) is 0.553. The summed E-state index contributed by atoms with van der Waals surface area (Å²) in [6.07, 6.45) is 5.08. The van der Waals surface area contributed by atoms with Crippen molar-refractivity contribution in [3.8, 4) is 0 Å². The lowest BCUT2D eigenvalue weighted by molar-refractivity contribution is 1.45. The van der Waals surface area contributed by atoms with Gasteiger partial charge in [0.1, 0.15) is 0 Å². The summed E-state index contributed by atoms with van der Waals surface area (Å²) in [7, 11) is 0. The van der Waals surface area contributed by atoms with E-state index in [0.717, 1.165) is 5.69 Å². The van der Waals surface area contributed by atoms with Gasteiger partial charge in [-0.3, -0.25) is 0 Å². The van der Waals surface area contributed by atoms with E-state index in [1.807, 2.05) is 30.3 Å². The molecule has 1 rings (SSSR count). The van der Waals surface area contributed by atoms with E-state index in [9.17, 15) is 0 Å². The monoisotopic (exact) mass is 188 g/mol. The minimum absolute atomic E-state index is 0.555. The number of para-hydroxylation sites is 1. The van der Waals surface area contributed by atoms with E-state index in [1.54, 1.807) is 18.2 Å². The number of anilines is 1. The van der Waals surface area contributed by atoms with Gasteiger partial charge in [-0.2, -0.15) is 0 Å². The smallest absolute Gasteiger partial charge is 0.0313 e. The standard InChI is InChI=1S/C6H7N.C6H9N/c7-6-4-2-1-3-5-6;1-3-4-5-6(2)7/h1-5H,7H2;3-5H,1-2,7H2/b;5-4-. The van der Waals surface area contributed by atoms with Gasteiger partial charge in [-0.1, -0.05) is 43.5 Å². The third kappa shape index (κ3) is 8.14. The number of hydrogen-bond donors (Lipinski definition) is 2. The molecule has 0 spiro atoms. The Morgan fingerprint density at radius 3 is 2.00 bits per heavy atom. The van der Waals surface area contributed by atoms with Crippen molar-refractivity contribution in [2.75, 3.05) is 5.73 Å². The van der Waals surface area contributed by atoms with Crippen LogP contribution in [0.25, 0.3) is 0 Å². The van der Waals surface area contributed by atoms with Crippen LogP contribution in [-0.2, 0) is 0 Å². The van der Waals surface area contributed by atoms with Crippen molar-refractivity contribution in [1.82, 2.24) is 0 Å². The van der Waals surface area contributed by atoms with Gasteiger partial charge in [-0.05, 0) is 18.2 Å². The number of benzene rings is 1. The summed E-state index contributed by atoms with van der Waals surface area (Å²) in [5.41, 5.74) is 11.9. The van der Waals surface area contributed by atoms with Crippen molar-refractivity contribution in [1.29, 1.82) is 0 Å². The number of rotatable bonds is 2. The van der Waals surface area contributed by atoms with Crippen molar-refractivity contribution in [2.45, 2.75) is 0 Å². The van der Waals surface area contributed by atoms with Crippen LogP contribution in [0.4, 0.5) is 5.69 Å². The first-order valence-electron chi connectivity index (χ1n) is 4.21. The zero-order chi connectivity index (χ0) is 10.8. The molecular formula is C12H16N2. The molecule has 0 saturated carbocycles. The highest BCUT2D eigenvalue weighted by atomic mass is 14.5. The third-order valence-electron chi connectivity index (χ3n) is 1.25. The Labute approximate surface area is 85.2 Å². The molecule has 0 amide bonds. The molecule has 0 aliphatic heterocycles. The first-order chi connectivity index (χ1) is 6.66. The van der Waals surface area contributed by atoms with Gasteiger partial charge in [0.15, 0.2) is 0 Å². The van der Waals surface area contributed by atoms with E-state index in [0.29, 0.717) is 5.70 Å². The maximum atomic E-state index is 5.36. The van der Waals surface area contributed by atoms with Crippen LogP contribution in [0.1, 0.15) is 0 Å². The highest BCUT2D eigenvalue weighted by Crippen LogP contribution is 1.95. The summed E-state index contributed by atoms with van der Waals surface area (Å²) in [4.78, 5) is 0. The lowest BCUT2D eigenvalue weighted by Crippen LogP contribution is -1.87. The minimum Gasteiger partial charge on any atom is -0.399 e. The number of hydrogen-bond acceptors (Lipinski definition) is 2. The van der Waals surface area contributed by atoms with Crippen LogP contribution in [0.2, 0.25) is 0 Å². The van der Waals surface area contributed by atoms with Crippen LogP contribution in [-0.4, -0.2) is 0 Å². The largest absolute Gasteiger partial charge is 0.399 e. The van der Waals surface area contributed by atoms with Crippen LogP contribution >= 0.6 is 0 Å². The second-order valence-electron chi connectivity index (χ2n) is 2.58. The number of nitrogen functional groups attached to an aromatic ring is 1. The predicted octanol–water partition coefficient (Wildman–Crippen LogP) is 2.47. The lowest BCUT2D eigenvalue weighted by Gasteiger charge is -1.83. The molecule has 14 heavy (non-hydrogen) atoms. The maximum Gasteiger partial charge on any atom is 0.0313 e. The molecule has 0 bridgehead atoms. The van der Waals surface area contributed by atoms with Crippen molar-refractivity contribution in [2.24, 2.45) is 5.73 Å². The molecule has 0 atom stereocenters. The molecule has 0 aliphatic rings. The lowest BCUT2D eigenvalue weighted by atomic mass is 10.3. The van der Waals surface area contributed by atoms with Gasteiger partial charge >= 0.3 is 0 Å². The second-order valence-corrected chi connectivity index (χ2v) is 2.58. The van der Waals surface area contributed by atoms with Crippen LogP contribution in [0.3, 0.4) is 0 Å². The van der Waals surface area contributed by atoms with Gasteiger partial charge in [0.2, 0.25) is 0 Å². The first kappa shape index (κ1) is 12.0. The Morgan fingerprint density at radius 1 is 1.21 bits per heavy atom. The molecule has 4 N–H and O–H groups in total. The van der Waals surface area contributed by atoms with Crippen molar-refractivity contribution < 1.29 is 0 Å². The van der Waals surface area contributed by atoms with Gasteiger partial charge in [-0.15, -0.1) is 0 Å². The molecule has 0 saturated heterocycles. The highest BCUT2D eigenvalue weighted by molar-refractivity contribution is 5.35. The van der Waals surface area contributed by atoms with E-state index in [-0.39, 0.29) is 0 Å². The zero-order valence-corrected chi connectivity index (χ0v) is 8.19. The molecule has 2 heteroatoms. The molecule has 0 fully saturated rings. The molecule has 2 nitrogen and oxygen atoms in total. The van der Waals surface area contributed by atoms with Gasteiger partial charge in [-0.25, -0.2) is 0 Å². The van der Waals surface area contributed by atoms with Crippen LogP contribution < -0.4 is 11.5 Å². The SMILES string of the molecule is C=C/C=C\C(=C)N.Nc1ccccc1. The average molecular weight is 188 g/mol. The van der Waals surface area contributed by atoms with E-state index >= 15 is 0 Å². The van der Waals surface area contributed by atoms with Crippen molar-refractivity contribution >= 4 is 5.69 Å². The molecule has 1 aromatic carbocycles. The summed E-state index contributed by atoms with van der Waals surface area (Å²) >= 11 is 0. The van der Waals surface area contributed by atoms with Gasteiger partial charge < -0.3 is 11.5 Å². The fraction of sp³-hybridized carbons (Fsp3) is 0. The molecule has 74 valence electrons. The normalized spacial score (nSPS) is 8.86. The van der Waals surface area contributed by atoms with Crippen LogP contribution in [0.15, 0.2) is 67.4 Å². The Morgan fingerprint density at radius 2 is 1.79 bits per heavy atom. The summed E-state index contributed by atoms with van der Waals surface area (Å²) < 4.78 is 0. The molecule has 0 aliphatic carbocycles. The molecule has 0 aromatic heterocycles.